The van der Waals surface area contributed by atoms with Crippen molar-refractivity contribution in [3.8, 4) is 5.88 Å². The summed E-state index contributed by atoms with van der Waals surface area (Å²) in [5.41, 5.74) is 4.07. The van der Waals surface area contributed by atoms with Crippen LogP contribution in [0.1, 0.15) is 84.5 Å². The Labute approximate surface area is 202 Å². The highest BCUT2D eigenvalue weighted by atomic mass is 19.3. The average molecular weight is 485 g/mol. The molecule has 4 heterocycles. The Morgan fingerprint density at radius 1 is 1.14 bits per heavy atom. The van der Waals surface area contributed by atoms with Crippen LogP contribution in [-0.4, -0.2) is 39.2 Å². The normalized spacial score (nSPS) is 22.9. The zero-order chi connectivity index (χ0) is 24.7. The number of hydrogen-bond donors (Lipinski definition) is 0. The lowest BCUT2D eigenvalue weighted by atomic mass is 9.81. The van der Waals surface area contributed by atoms with Gasteiger partial charge in [0.15, 0.2) is 5.65 Å². The largest absolute Gasteiger partial charge is 0.481 e. The number of ether oxygens (including phenoxy) is 2. The van der Waals surface area contributed by atoms with Crippen molar-refractivity contribution in [3.05, 3.63) is 62.8 Å². The first kappa shape index (κ1) is 23.8. The zero-order valence-electron chi connectivity index (χ0n) is 20.3. The Kier molecular flexibility index (Phi) is 6.29. The number of hydrogen-bond acceptors (Lipinski definition) is 6. The van der Waals surface area contributed by atoms with E-state index in [0.717, 1.165) is 23.2 Å². The summed E-state index contributed by atoms with van der Waals surface area (Å²) in [6.07, 6.45) is 3.40. The summed E-state index contributed by atoms with van der Waals surface area (Å²) in [7, 11) is 1.58. The molecule has 3 aromatic rings. The molecular weight excluding hydrogens is 454 g/mol. The lowest BCUT2D eigenvalue weighted by Crippen LogP contribution is -2.28. The predicted octanol–water partition coefficient (Wildman–Crippen LogP) is 5.04. The molecule has 0 N–H and O–H groups in total. The van der Waals surface area contributed by atoms with Gasteiger partial charge < -0.3 is 9.47 Å². The molecule has 35 heavy (non-hydrogen) atoms. The molecule has 1 saturated heterocycles. The molecule has 2 aliphatic rings. The Morgan fingerprint density at radius 2 is 1.91 bits per heavy atom. The van der Waals surface area contributed by atoms with Crippen molar-refractivity contribution in [1.29, 1.82) is 0 Å². The van der Waals surface area contributed by atoms with Crippen LogP contribution in [0, 0.1) is 13.8 Å². The van der Waals surface area contributed by atoms with Crippen molar-refractivity contribution in [1.82, 2.24) is 19.6 Å². The van der Waals surface area contributed by atoms with Gasteiger partial charge >= 0.3 is 0 Å². The van der Waals surface area contributed by atoms with E-state index >= 15 is 0 Å². The van der Waals surface area contributed by atoms with E-state index in [-0.39, 0.29) is 36.3 Å². The zero-order valence-corrected chi connectivity index (χ0v) is 20.3. The number of aryl methyl sites for hydroxylation is 1. The molecule has 7 nitrogen and oxygen atoms in total. The van der Waals surface area contributed by atoms with Gasteiger partial charge in [-0.05, 0) is 63.1 Å². The fourth-order valence-electron chi connectivity index (χ4n) is 5.23. The summed E-state index contributed by atoms with van der Waals surface area (Å²) < 4.78 is 40.5. The van der Waals surface area contributed by atoms with E-state index < -0.39 is 5.92 Å². The maximum Gasteiger partial charge on any atom is 0.277 e. The van der Waals surface area contributed by atoms with Gasteiger partial charge in [0, 0.05) is 54.5 Å². The van der Waals surface area contributed by atoms with Crippen molar-refractivity contribution in [2.75, 3.05) is 13.7 Å². The second-order valence-electron chi connectivity index (χ2n) is 9.73. The second-order valence-corrected chi connectivity index (χ2v) is 9.73. The molecule has 1 aliphatic carbocycles. The molecule has 1 aliphatic heterocycles. The monoisotopic (exact) mass is 484 g/mol. The third-order valence-electron chi connectivity index (χ3n) is 7.51. The molecule has 1 saturated carbocycles. The van der Waals surface area contributed by atoms with Crippen LogP contribution in [0.15, 0.2) is 29.2 Å². The van der Waals surface area contributed by atoms with Crippen molar-refractivity contribution in [2.45, 2.75) is 76.2 Å². The van der Waals surface area contributed by atoms with Crippen LogP contribution in [0.3, 0.4) is 0 Å². The van der Waals surface area contributed by atoms with Crippen LogP contribution >= 0.6 is 0 Å². The molecule has 0 amide bonds. The van der Waals surface area contributed by atoms with Crippen molar-refractivity contribution >= 4 is 5.65 Å². The molecule has 0 aromatic carbocycles. The minimum atomic E-state index is -2.63. The van der Waals surface area contributed by atoms with E-state index in [9.17, 15) is 13.6 Å². The van der Waals surface area contributed by atoms with Gasteiger partial charge in [-0.15, -0.1) is 0 Å². The molecule has 5 rings (SSSR count). The summed E-state index contributed by atoms with van der Waals surface area (Å²) in [5, 5.41) is 4.75. The molecule has 2 fully saturated rings. The number of aromatic nitrogens is 4. The van der Waals surface area contributed by atoms with Crippen LogP contribution in [0.2, 0.25) is 0 Å². The van der Waals surface area contributed by atoms with E-state index in [1.165, 1.54) is 4.52 Å². The third-order valence-corrected chi connectivity index (χ3v) is 7.51. The van der Waals surface area contributed by atoms with Gasteiger partial charge in [0.1, 0.15) is 0 Å². The molecule has 186 valence electrons. The molecule has 0 radical (unpaired) electrons. The minimum Gasteiger partial charge on any atom is -0.481 e. The lowest BCUT2D eigenvalue weighted by molar-refractivity contribution is -0.0382. The van der Waals surface area contributed by atoms with Gasteiger partial charge in [-0.2, -0.15) is 9.61 Å². The highest BCUT2D eigenvalue weighted by Crippen LogP contribution is 2.43. The first-order valence-corrected chi connectivity index (χ1v) is 12.2. The Balaban J connectivity index is 1.55. The molecule has 2 atom stereocenters. The van der Waals surface area contributed by atoms with Crippen molar-refractivity contribution in [3.63, 3.8) is 0 Å². The maximum atomic E-state index is 13.9. The van der Waals surface area contributed by atoms with Gasteiger partial charge in [0.2, 0.25) is 11.8 Å². The van der Waals surface area contributed by atoms with E-state index in [1.54, 1.807) is 27.2 Å². The number of fused-ring (bicyclic) bond motifs is 1. The van der Waals surface area contributed by atoms with Gasteiger partial charge in [0.05, 0.1) is 18.9 Å². The second kappa shape index (κ2) is 9.26. The standard InChI is InChI=1S/C26H30F2N4O3/c1-15-16(2)30-24-20(17-4-8-26(27,28)9-5-17)14-21(31-32(24)25(15)33)18-7-11-35-22(12-18)19-6-10-29-23(13-19)34-3/h6,10,13-14,17-18,22H,4-5,7-9,11-12H2,1-3H3/t18-,22+/m1/s1. The number of pyridine rings is 1. The number of nitrogens with zero attached hydrogens (tertiary/aromatic N) is 4. The van der Waals surface area contributed by atoms with Crippen LogP contribution in [0.4, 0.5) is 8.78 Å². The van der Waals surface area contributed by atoms with Gasteiger partial charge in [-0.1, -0.05) is 0 Å². The summed E-state index contributed by atoms with van der Waals surface area (Å²) in [6.45, 7) is 4.09. The van der Waals surface area contributed by atoms with Crippen molar-refractivity contribution < 1.29 is 18.3 Å². The van der Waals surface area contributed by atoms with Gasteiger partial charge in [0.25, 0.3) is 5.56 Å². The van der Waals surface area contributed by atoms with E-state index in [1.807, 2.05) is 18.2 Å². The van der Waals surface area contributed by atoms with Crippen LogP contribution < -0.4 is 10.3 Å². The number of alkyl halides is 2. The fourth-order valence-corrected chi connectivity index (χ4v) is 5.23. The van der Waals surface area contributed by atoms with Crippen molar-refractivity contribution in [2.24, 2.45) is 0 Å². The molecule has 0 unspecified atom stereocenters. The van der Waals surface area contributed by atoms with Gasteiger partial charge in [-0.3, -0.25) is 4.79 Å². The Morgan fingerprint density at radius 3 is 2.66 bits per heavy atom. The fraction of sp³-hybridized carbons (Fsp3) is 0.538. The Hall–Kier alpha value is -2.94. The first-order valence-electron chi connectivity index (χ1n) is 12.2. The number of halogens is 2. The maximum absolute atomic E-state index is 13.9. The quantitative estimate of drug-likeness (QED) is 0.516. The molecule has 9 heteroatoms. The molecule has 0 spiro atoms. The number of rotatable bonds is 4. The summed E-state index contributed by atoms with van der Waals surface area (Å²) in [5.74, 6) is -2.13. The summed E-state index contributed by atoms with van der Waals surface area (Å²) in [6, 6.07) is 5.79. The average Bonchev–Trinajstić information content (AvgIpc) is 2.87. The molecule has 0 bridgehead atoms. The SMILES string of the molecule is COc1cc([C@@H]2C[C@H](c3cc(C4CCC(F)(F)CC4)c4nc(C)c(C)c(=O)n4n3)CCO2)ccn1. The highest BCUT2D eigenvalue weighted by Gasteiger charge is 2.37. The minimum absolute atomic E-state index is 0.0506. The lowest BCUT2D eigenvalue weighted by Gasteiger charge is -2.31. The smallest absolute Gasteiger partial charge is 0.277 e. The van der Waals surface area contributed by atoms with E-state index in [2.05, 4.69) is 9.97 Å². The molecular formula is C26H30F2N4O3. The third kappa shape index (κ3) is 4.66. The highest BCUT2D eigenvalue weighted by molar-refractivity contribution is 5.51. The predicted molar refractivity (Wildman–Crippen MR) is 126 cm³/mol. The van der Waals surface area contributed by atoms with Crippen LogP contribution in [0.5, 0.6) is 5.88 Å². The topological polar surface area (TPSA) is 78.6 Å². The van der Waals surface area contributed by atoms with E-state index in [4.69, 9.17) is 14.6 Å². The number of methoxy groups -OCH3 is 1. The summed E-state index contributed by atoms with van der Waals surface area (Å²) >= 11 is 0. The summed E-state index contributed by atoms with van der Waals surface area (Å²) in [4.78, 5) is 22.0. The first-order chi connectivity index (χ1) is 16.8. The van der Waals surface area contributed by atoms with Crippen LogP contribution in [0.25, 0.3) is 5.65 Å². The van der Waals surface area contributed by atoms with Gasteiger partial charge in [-0.25, -0.2) is 18.7 Å². The Bertz CT molecular complexity index is 1300. The molecule has 3 aromatic heterocycles. The van der Waals surface area contributed by atoms with E-state index in [0.29, 0.717) is 48.7 Å². The van der Waals surface area contributed by atoms with Crippen LogP contribution in [-0.2, 0) is 4.74 Å².